The molecule has 1 aliphatic rings. The van der Waals surface area contributed by atoms with E-state index in [0.29, 0.717) is 6.42 Å². The molecule has 3 rings (SSSR count). The molecule has 0 spiro atoms. The summed E-state index contributed by atoms with van der Waals surface area (Å²) >= 11 is 3.50. The van der Waals surface area contributed by atoms with Gasteiger partial charge < -0.3 is 4.90 Å². The molecule has 20 heavy (non-hydrogen) atoms. The van der Waals surface area contributed by atoms with E-state index >= 15 is 0 Å². The van der Waals surface area contributed by atoms with E-state index in [4.69, 9.17) is 0 Å². The number of hydrogen-bond donors (Lipinski definition) is 1. The molecule has 2 aromatic heterocycles. The van der Waals surface area contributed by atoms with E-state index in [1.54, 1.807) is 17.5 Å². The van der Waals surface area contributed by atoms with E-state index < -0.39 is 0 Å². The number of H-pyrrole nitrogens is 1. The molecule has 1 fully saturated rings. The number of amides is 1. The number of rotatable bonds is 3. The molecule has 1 N–H and O–H groups in total. The first-order valence-corrected chi connectivity index (χ1v) is 8.55. The van der Waals surface area contributed by atoms with Crippen molar-refractivity contribution in [1.82, 2.24) is 20.1 Å². The zero-order valence-corrected chi connectivity index (χ0v) is 12.8. The van der Waals surface area contributed by atoms with E-state index in [-0.39, 0.29) is 11.9 Å². The summed E-state index contributed by atoms with van der Waals surface area (Å²) in [7, 11) is 0. The Morgan fingerprint density at radius 1 is 1.60 bits per heavy atom. The lowest BCUT2D eigenvalue weighted by atomic mass is 10.2. The van der Waals surface area contributed by atoms with Gasteiger partial charge in [0.25, 0.3) is 0 Å². The second kappa shape index (κ2) is 5.97. The lowest BCUT2D eigenvalue weighted by Crippen LogP contribution is -2.41. The van der Waals surface area contributed by atoms with Crippen LogP contribution in [0.2, 0.25) is 0 Å². The van der Waals surface area contributed by atoms with Crippen LogP contribution in [-0.4, -0.2) is 44.0 Å². The van der Waals surface area contributed by atoms with E-state index in [0.717, 1.165) is 34.4 Å². The largest absolute Gasteiger partial charge is 0.331 e. The van der Waals surface area contributed by atoms with Crippen LogP contribution in [0.1, 0.15) is 22.4 Å². The van der Waals surface area contributed by atoms with Crippen molar-refractivity contribution in [3.8, 4) is 0 Å². The average Bonchev–Trinajstić information content (AvgIpc) is 3.10. The number of carbonyl (C=O) groups excluding carboxylic acids is 1. The zero-order valence-electron chi connectivity index (χ0n) is 11.2. The Balaban J connectivity index is 1.74. The average molecular weight is 308 g/mol. The highest BCUT2D eigenvalue weighted by Gasteiger charge is 2.30. The molecule has 0 bridgehead atoms. The Bertz CT molecular complexity index is 581. The number of aryl methyl sites for hydroxylation is 1. The van der Waals surface area contributed by atoms with Crippen LogP contribution in [0.3, 0.4) is 0 Å². The molecular weight excluding hydrogens is 292 g/mol. The first-order chi connectivity index (χ1) is 9.74. The summed E-state index contributed by atoms with van der Waals surface area (Å²) in [4.78, 5) is 18.9. The van der Waals surface area contributed by atoms with Gasteiger partial charge in [0.15, 0.2) is 0 Å². The van der Waals surface area contributed by atoms with Gasteiger partial charge in [-0.2, -0.15) is 16.9 Å². The molecule has 0 radical (unpaired) electrons. The first kappa shape index (κ1) is 13.6. The highest BCUT2D eigenvalue weighted by Crippen LogP contribution is 2.31. The molecule has 3 heterocycles. The van der Waals surface area contributed by atoms with Crippen molar-refractivity contribution in [3.05, 3.63) is 34.0 Å². The first-order valence-electron chi connectivity index (χ1n) is 6.51. The lowest BCUT2D eigenvalue weighted by molar-refractivity contribution is -0.132. The molecular formula is C13H16N4OS2. The fourth-order valence-corrected chi connectivity index (χ4v) is 4.24. The maximum atomic E-state index is 12.5. The fraction of sp³-hybridized carbons (Fsp3) is 0.462. The quantitative estimate of drug-likeness (QED) is 0.942. The van der Waals surface area contributed by atoms with Crippen molar-refractivity contribution >= 4 is 29.0 Å². The van der Waals surface area contributed by atoms with Crippen LogP contribution < -0.4 is 0 Å². The Labute approximate surface area is 125 Å². The lowest BCUT2D eigenvalue weighted by Gasteiger charge is -2.34. The number of nitrogens with one attached hydrogen (secondary N) is 1. The highest BCUT2D eigenvalue weighted by atomic mass is 32.2. The molecule has 0 aromatic carbocycles. The molecule has 5 nitrogen and oxygen atoms in total. The Hall–Kier alpha value is -1.34. The summed E-state index contributed by atoms with van der Waals surface area (Å²) in [6.45, 7) is 2.73. The van der Waals surface area contributed by atoms with E-state index in [2.05, 4.69) is 15.2 Å². The predicted molar refractivity (Wildman–Crippen MR) is 80.9 cm³/mol. The number of nitrogens with zero attached hydrogens (tertiary/aromatic N) is 3. The third-order valence-corrected chi connectivity index (χ3v) is 5.18. The standard InChI is InChI=1S/C13H16N4OS2/c1-9-6-10(16-15-9)7-12(18)17-3-5-19-8-11(17)13-14-2-4-20-13/h2,4,6,11H,3,5,7-8H2,1H3,(H,15,16)/t11-/m0/s1. The van der Waals surface area contributed by atoms with Crippen LogP contribution in [0.4, 0.5) is 0 Å². The minimum Gasteiger partial charge on any atom is -0.331 e. The van der Waals surface area contributed by atoms with Crippen LogP contribution in [0, 0.1) is 6.92 Å². The SMILES string of the molecule is Cc1cc(CC(=O)N2CCSC[C@H]2c2nccs2)n[nH]1. The Morgan fingerprint density at radius 2 is 2.50 bits per heavy atom. The minimum absolute atomic E-state index is 0.112. The summed E-state index contributed by atoms with van der Waals surface area (Å²) < 4.78 is 0. The van der Waals surface area contributed by atoms with E-state index in [1.165, 1.54) is 0 Å². The summed E-state index contributed by atoms with van der Waals surface area (Å²) in [5.74, 6) is 2.06. The van der Waals surface area contributed by atoms with Gasteiger partial charge in [-0.3, -0.25) is 9.89 Å². The predicted octanol–water partition coefficient (Wildman–Crippen LogP) is 2.03. The fourth-order valence-electron chi connectivity index (χ4n) is 2.33. The number of aromatic nitrogens is 3. The molecule has 0 saturated carbocycles. The number of thiazole rings is 1. The zero-order chi connectivity index (χ0) is 13.9. The summed E-state index contributed by atoms with van der Waals surface area (Å²) in [5.41, 5.74) is 1.79. The van der Waals surface area contributed by atoms with Crippen LogP contribution >= 0.6 is 23.1 Å². The topological polar surface area (TPSA) is 61.9 Å². The number of hydrogen-bond acceptors (Lipinski definition) is 5. The number of thioether (sulfide) groups is 1. The number of aromatic amines is 1. The van der Waals surface area contributed by atoms with Gasteiger partial charge in [0.2, 0.25) is 5.91 Å². The monoisotopic (exact) mass is 308 g/mol. The van der Waals surface area contributed by atoms with Crippen molar-refractivity contribution in [2.75, 3.05) is 18.1 Å². The second-order valence-electron chi connectivity index (χ2n) is 4.77. The molecule has 0 unspecified atom stereocenters. The number of carbonyl (C=O) groups is 1. The third kappa shape index (κ3) is 2.88. The van der Waals surface area contributed by atoms with Gasteiger partial charge in [-0.15, -0.1) is 11.3 Å². The van der Waals surface area contributed by atoms with Gasteiger partial charge in [0.1, 0.15) is 5.01 Å². The van der Waals surface area contributed by atoms with Gasteiger partial charge in [-0.05, 0) is 13.0 Å². The molecule has 2 aromatic rings. The molecule has 106 valence electrons. The van der Waals surface area contributed by atoms with E-state index in [9.17, 15) is 4.79 Å². The molecule has 1 amide bonds. The van der Waals surface area contributed by atoms with Crippen molar-refractivity contribution in [2.24, 2.45) is 0 Å². The van der Waals surface area contributed by atoms with Crippen LogP contribution in [-0.2, 0) is 11.2 Å². The van der Waals surface area contributed by atoms with E-state index in [1.807, 2.05) is 35.0 Å². The highest BCUT2D eigenvalue weighted by molar-refractivity contribution is 7.99. The van der Waals surface area contributed by atoms with Crippen LogP contribution in [0.5, 0.6) is 0 Å². The van der Waals surface area contributed by atoms with Crippen molar-refractivity contribution in [2.45, 2.75) is 19.4 Å². The maximum Gasteiger partial charge on any atom is 0.229 e. The Kier molecular flexibility index (Phi) is 4.07. The van der Waals surface area contributed by atoms with Crippen LogP contribution in [0.25, 0.3) is 0 Å². The summed E-state index contributed by atoms with van der Waals surface area (Å²) in [5, 5.41) is 10.0. The minimum atomic E-state index is 0.112. The van der Waals surface area contributed by atoms with Gasteiger partial charge in [0, 0.05) is 35.3 Å². The Morgan fingerprint density at radius 3 is 3.20 bits per heavy atom. The molecule has 1 saturated heterocycles. The van der Waals surface area contributed by atoms with Gasteiger partial charge in [-0.1, -0.05) is 0 Å². The summed E-state index contributed by atoms with van der Waals surface area (Å²) in [6.07, 6.45) is 2.16. The summed E-state index contributed by atoms with van der Waals surface area (Å²) in [6, 6.07) is 2.04. The normalized spacial score (nSPS) is 19.2. The van der Waals surface area contributed by atoms with Crippen LogP contribution in [0.15, 0.2) is 17.6 Å². The molecule has 1 atom stereocenters. The van der Waals surface area contributed by atoms with Gasteiger partial charge in [-0.25, -0.2) is 4.98 Å². The molecule has 0 aliphatic carbocycles. The van der Waals surface area contributed by atoms with Crippen molar-refractivity contribution in [3.63, 3.8) is 0 Å². The van der Waals surface area contributed by atoms with Gasteiger partial charge in [0.05, 0.1) is 18.2 Å². The van der Waals surface area contributed by atoms with Crippen molar-refractivity contribution in [1.29, 1.82) is 0 Å². The molecule has 1 aliphatic heterocycles. The smallest absolute Gasteiger partial charge is 0.229 e. The third-order valence-electron chi connectivity index (χ3n) is 3.28. The second-order valence-corrected chi connectivity index (χ2v) is 6.84. The van der Waals surface area contributed by atoms with Crippen molar-refractivity contribution < 1.29 is 4.79 Å². The molecule has 7 heteroatoms. The maximum absolute atomic E-state index is 12.5. The van der Waals surface area contributed by atoms with Gasteiger partial charge >= 0.3 is 0 Å².